The van der Waals surface area contributed by atoms with E-state index in [4.69, 9.17) is 0 Å². The van der Waals surface area contributed by atoms with Gasteiger partial charge in [0.05, 0.1) is 0 Å². The molecule has 0 atom stereocenters. The van der Waals surface area contributed by atoms with Gasteiger partial charge in [0.25, 0.3) is 0 Å². The Labute approximate surface area is 374 Å². The molecule has 0 N–H and O–H groups in total. The van der Waals surface area contributed by atoms with E-state index < -0.39 is 0 Å². The Morgan fingerprint density at radius 1 is 0.429 bits per heavy atom. The first kappa shape index (κ1) is 36.3. The molecule has 6 aliphatic carbocycles. The lowest BCUT2D eigenvalue weighted by molar-refractivity contribution is -0.0399. The van der Waals surface area contributed by atoms with Crippen molar-refractivity contribution in [3.05, 3.63) is 198 Å². The number of hydrogen-bond donors (Lipinski definition) is 0. The van der Waals surface area contributed by atoms with Crippen molar-refractivity contribution in [3.8, 4) is 44.5 Å². The zero-order valence-corrected chi connectivity index (χ0v) is 36.8. The Balaban J connectivity index is 0.947. The molecule has 4 bridgehead atoms. The zero-order chi connectivity index (χ0) is 41.6. The highest BCUT2D eigenvalue weighted by atomic mass is 32.1. The molecule has 0 aliphatic heterocycles. The van der Waals surface area contributed by atoms with Crippen LogP contribution in [0.4, 0.5) is 17.1 Å². The first-order valence-electron chi connectivity index (χ1n) is 23.3. The van der Waals surface area contributed by atoms with Gasteiger partial charge in [0, 0.05) is 48.1 Å². The van der Waals surface area contributed by atoms with Gasteiger partial charge < -0.3 is 4.90 Å². The van der Waals surface area contributed by atoms with Crippen LogP contribution in [0.25, 0.3) is 64.7 Å². The summed E-state index contributed by atoms with van der Waals surface area (Å²) >= 11 is 1.91. The van der Waals surface area contributed by atoms with Crippen LogP contribution in [0.3, 0.4) is 0 Å². The predicted molar refractivity (Wildman–Crippen MR) is 266 cm³/mol. The third-order valence-electron chi connectivity index (χ3n) is 16.6. The molecule has 304 valence electrons. The van der Waals surface area contributed by atoms with Crippen molar-refractivity contribution >= 4 is 48.6 Å². The largest absolute Gasteiger partial charge is 0.310 e. The number of benzene rings is 8. The molecule has 9 aromatic rings. The molecule has 0 saturated heterocycles. The average Bonchev–Trinajstić information content (AvgIpc) is 3.92. The molecule has 1 nitrogen and oxygen atoms in total. The first-order chi connectivity index (χ1) is 30.9. The molecule has 2 heteroatoms. The Morgan fingerprint density at radius 2 is 1.02 bits per heavy atom. The minimum Gasteiger partial charge on any atom is -0.310 e. The second-order valence-electron chi connectivity index (χ2n) is 20.1. The standard InChI is InChI=1S/C61H49NS/c1-60(2)54-21-6-3-15-49(54)52-19-10-17-46(58(52)60)40-12-9-13-44(35-40)62(43-26-24-39(25-27-43)47-18-11-20-53-51-16-5-8-23-57(51)63-59(47)53)45-28-29-50-48-14-4-7-22-55(48)61(56(50)36-45)41-31-37-30-38(33-41)34-42(61)32-37/h3-29,35-38,41-42H,30-34H2,1-2H3. The molecule has 0 amide bonds. The normalized spacial score (nSPS) is 23.0. The van der Waals surface area contributed by atoms with E-state index in [1.165, 1.54) is 125 Å². The molecule has 1 heterocycles. The third-order valence-corrected chi connectivity index (χ3v) is 17.9. The molecule has 63 heavy (non-hydrogen) atoms. The minimum absolute atomic E-state index is 0.0981. The zero-order valence-electron chi connectivity index (χ0n) is 35.9. The fraction of sp³-hybridized carbons (Fsp3) is 0.213. The highest BCUT2D eigenvalue weighted by Crippen LogP contribution is 2.69. The van der Waals surface area contributed by atoms with E-state index in [0.29, 0.717) is 11.8 Å². The van der Waals surface area contributed by atoms with Gasteiger partial charge >= 0.3 is 0 Å². The average molecular weight is 828 g/mol. The molecule has 6 aliphatic rings. The lowest BCUT2D eigenvalue weighted by Crippen LogP contribution is -2.55. The Morgan fingerprint density at radius 3 is 1.83 bits per heavy atom. The van der Waals surface area contributed by atoms with Crippen LogP contribution in [0.15, 0.2) is 176 Å². The van der Waals surface area contributed by atoms with Crippen LogP contribution in [0.5, 0.6) is 0 Å². The van der Waals surface area contributed by atoms with Crippen LogP contribution >= 0.6 is 11.3 Å². The fourth-order valence-electron chi connectivity index (χ4n) is 14.4. The van der Waals surface area contributed by atoms with Crippen LogP contribution in [-0.4, -0.2) is 0 Å². The fourth-order valence-corrected chi connectivity index (χ4v) is 15.6. The van der Waals surface area contributed by atoms with E-state index in [-0.39, 0.29) is 10.8 Å². The van der Waals surface area contributed by atoms with Crippen molar-refractivity contribution in [2.24, 2.45) is 23.7 Å². The predicted octanol–water partition coefficient (Wildman–Crippen LogP) is 16.9. The second kappa shape index (κ2) is 13.2. The quantitative estimate of drug-likeness (QED) is 0.167. The van der Waals surface area contributed by atoms with Crippen molar-refractivity contribution in [1.82, 2.24) is 0 Å². The maximum absolute atomic E-state index is 2.65. The van der Waals surface area contributed by atoms with Gasteiger partial charge in [0.15, 0.2) is 0 Å². The maximum atomic E-state index is 2.65. The highest BCUT2D eigenvalue weighted by molar-refractivity contribution is 7.26. The summed E-state index contributed by atoms with van der Waals surface area (Å²) < 4.78 is 2.70. The number of anilines is 3. The topological polar surface area (TPSA) is 3.24 Å². The summed E-state index contributed by atoms with van der Waals surface area (Å²) in [7, 11) is 0. The summed E-state index contributed by atoms with van der Waals surface area (Å²) in [5.74, 6) is 3.25. The smallest absolute Gasteiger partial charge is 0.0467 e. The Bertz CT molecular complexity index is 3320. The molecular formula is C61H49NS. The van der Waals surface area contributed by atoms with Crippen LogP contribution < -0.4 is 4.90 Å². The molecule has 1 aromatic heterocycles. The van der Waals surface area contributed by atoms with E-state index in [9.17, 15) is 0 Å². The monoisotopic (exact) mass is 827 g/mol. The summed E-state index contributed by atoms with van der Waals surface area (Å²) in [6.45, 7) is 4.81. The molecule has 0 unspecified atom stereocenters. The number of rotatable bonds is 5. The molecule has 0 radical (unpaired) electrons. The van der Waals surface area contributed by atoms with Crippen molar-refractivity contribution in [3.63, 3.8) is 0 Å². The maximum Gasteiger partial charge on any atom is 0.0467 e. The third kappa shape index (κ3) is 4.99. The molecule has 8 aromatic carbocycles. The van der Waals surface area contributed by atoms with Gasteiger partial charge in [0.1, 0.15) is 0 Å². The number of thiophene rings is 1. The Kier molecular flexibility index (Phi) is 7.58. The van der Waals surface area contributed by atoms with Crippen LogP contribution in [0.1, 0.15) is 68.2 Å². The van der Waals surface area contributed by atoms with Crippen molar-refractivity contribution < 1.29 is 0 Å². The number of fused-ring (bicyclic) bond motifs is 9. The molecule has 4 fully saturated rings. The van der Waals surface area contributed by atoms with Crippen molar-refractivity contribution in [2.45, 2.75) is 56.8 Å². The second-order valence-corrected chi connectivity index (χ2v) is 21.1. The first-order valence-corrected chi connectivity index (χ1v) is 24.2. The minimum atomic E-state index is -0.104. The number of nitrogens with zero attached hydrogens (tertiary/aromatic N) is 1. The van der Waals surface area contributed by atoms with Gasteiger partial charge in [-0.15, -0.1) is 11.3 Å². The van der Waals surface area contributed by atoms with Crippen molar-refractivity contribution in [2.75, 3.05) is 4.90 Å². The van der Waals surface area contributed by atoms with Gasteiger partial charge in [-0.2, -0.15) is 0 Å². The number of hydrogen-bond acceptors (Lipinski definition) is 2. The lowest BCUT2D eigenvalue weighted by atomic mass is 9.43. The summed E-state index contributed by atoms with van der Waals surface area (Å²) in [6.07, 6.45) is 6.99. The van der Waals surface area contributed by atoms with E-state index >= 15 is 0 Å². The van der Waals surface area contributed by atoms with Crippen LogP contribution in [0.2, 0.25) is 0 Å². The van der Waals surface area contributed by atoms with Crippen molar-refractivity contribution in [1.29, 1.82) is 0 Å². The highest BCUT2D eigenvalue weighted by Gasteiger charge is 2.61. The van der Waals surface area contributed by atoms with Gasteiger partial charge in [-0.05, 0) is 165 Å². The lowest BCUT2D eigenvalue weighted by Gasteiger charge is -2.61. The Hall–Kier alpha value is -6.22. The molecule has 1 spiro atoms. The van der Waals surface area contributed by atoms with Gasteiger partial charge in [-0.1, -0.05) is 147 Å². The summed E-state index contributed by atoms with van der Waals surface area (Å²) in [5.41, 5.74) is 20.4. The summed E-state index contributed by atoms with van der Waals surface area (Å²) in [4.78, 5) is 2.56. The van der Waals surface area contributed by atoms with Gasteiger partial charge in [-0.25, -0.2) is 0 Å². The van der Waals surface area contributed by atoms with E-state index in [0.717, 1.165) is 11.8 Å². The van der Waals surface area contributed by atoms with Crippen LogP contribution in [0, 0.1) is 23.7 Å². The summed E-state index contributed by atoms with van der Waals surface area (Å²) in [6, 6.07) is 67.5. The van der Waals surface area contributed by atoms with Gasteiger partial charge in [0.2, 0.25) is 0 Å². The van der Waals surface area contributed by atoms with Gasteiger partial charge in [-0.3, -0.25) is 0 Å². The van der Waals surface area contributed by atoms with E-state index in [2.05, 4.69) is 195 Å². The molecule has 15 rings (SSSR count). The summed E-state index contributed by atoms with van der Waals surface area (Å²) in [5, 5.41) is 2.68. The van der Waals surface area contributed by atoms with Crippen LogP contribution in [-0.2, 0) is 10.8 Å². The van der Waals surface area contributed by atoms with E-state index in [1.807, 2.05) is 11.3 Å². The molecular weight excluding hydrogens is 779 g/mol. The molecule has 4 saturated carbocycles. The SMILES string of the molecule is CC1(C)c2ccccc2-c2cccc(-c3cccc(N(c4ccc(-c5cccc6c5sc5ccccc56)cc4)c4ccc5c(c4)C4(c6ccccc6-5)C5CC6CC(C5)CC4C6)c3)c21. The van der Waals surface area contributed by atoms with E-state index in [1.54, 1.807) is 11.1 Å².